The molecule has 4 heteroatoms. The Morgan fingerprint density at radius 1 is 0.590 bits per heavy atom. The van der Waals surface area contributed by atoms with Gasteiger partial charge < -0.3 is 9.84 Å². The van der Waals surface area contributed by atoms with Crippen LogP contribution in [0.15, 0.2) is 24.3 Å². The van der Waals surface area contributed by atoms with Crippen LogP contribution in [-0.4, -0.2) is 23.1 Å². The number of hydrogen-bond donors (Lipinski definition) is 1. The van der Waals surface area contributed by atoms with E-state index in [2.05, 4.69) is 32.1 Å². The molecule has 0 bridgehead atoms. The largest absolute Gasteiger partial charge is 0.481 e. The molecule has 1 N–H and O–H groups in total. The molecule has 0 aliphatic carbocycles. The lowest BCUT2D eigenvalue weighted by Gasteiger charge is -2.14. The number of carbonyl (C=O) groups excluding carboxylic acids is 1. The van der Waals surface area contributed by atoms with E-state index in [-0.39, 0.29) is 18.5 Å². The van der Waals surface area contributed by atoms with Crippen molar-refractivity contribution in [3.05, 3.63) is 24.3 Å². The lowest BCUT2D eigenvalue weighted by atomic mass is 10.0. The fourth-order valence-electron chi connectivity index (χ4n) is 4.88. The third-order valence-electron chi connectivity index (χ3n) is 7.41. The summed E-state index contributed by atoms with van der Waals surface area (Å²) < 4.78 is 5.82. The molecule has 39 heavy (non-hydrogen) atoms. The Morgan fingerprint density at radius 3 is 1.62 bits per heavy atom. The summed E-state index contributed by atoms with van der Waals surface area (Å²) in [5, 5.41) is 8.78. The van der Waals surface area contributed by atoms with Crippen molar-refractivity contribution < 1.29 is 19.4 Å². The van der Waals surface area contributed by atoms with Gasteiger partial charge in [0.05, 0.1) is 0 Å². The summed E-state index contributed by atoms with van der Waals surface area (Å²) in [5.74, 6) is -0.806. The molecule has 0 aliphatic heterocycles. The number of carboxylic acids is 1. The number of aliphatic carboxylic acids is 1. The van der Waals surface area contributed by atoms with Crippen LogP contribution < -0.4 is 0 Å². The highest BCUT2D eigenvalue weighted by Crippen LogP contribution is 2.16. The van der Waals surface area contributed by atoms with Crippen molar-refractivity contribution in [2.45, 2.75) is 187 Å². The zero-order valence-electron chi connectivity index (χ0n) is 25.9. The number of ether oxygens (including phenoxy) is 1. The third-order valence-corrected chi connectivity index (χ3v) is 7.41. The smallest absolute Gasteiger partial charge is 0.306 e. The van der Waals surface area contributed by atoms with Gasteiger partial charge >= 0.3 is 11.9 Å². The number of carbonyl (C=O) groups is 2. The molecule has 0 heterocycles. The van der Waals surface area contributed by atoms with Gasteiger partial charge in [0.15, 0.2) is 0 Å². The highest BCUT2D eigenvalue weighted by molar-refractivity contribution is 5.69. The van der Waals surface area contributed by atoms with Crippen molar-refractivity contribution in [1.29, 1.82) is 0 Å². The van der Waals surface area contributed by atoms with Crippen molar-refractivity contribution in [3.63, 3.8) is 0 Å². The van der Waals surface area contributed by atoms with Gasteiger partial charge in [-0.2, -0.15) is 0 Å². The van der Waals surface area contributed by atoms with E-state index in [0.29, 0.717) is 6.42 Å². The van der Waals surface area contributed by atoms with Crippen LogP contribution in [0, 0.1) is 0 Å². The minimum atomic E-state index is -0.726. The van der Waals surface area contributed by atoms with Crippen LogP contribution in [0.5, 0.6) is 0 Å². The van der Waals surface area contributed by atoms with Gasteiger partial charge in [0.1, 0.15) is 6.10 Å². The van der Waals surface area contributed by atoms with E-state index in [4.69, 9.17) is 9.84 Å². The highest BCUT2D eigenvalue weighted by Gasteiger charge is 2.11. The van der Waals surface area contributed by atoms with Crippen molar-refractivity contribution in [1.82, 2.24) is 0 Å². The molecule has 0 fully saturated rings. The molecule has 0 amide bonds. The summed E-state index contributed by atoms with van der Waals surface area (Å²) in [6, 6.07) is 0. The summed E-state index contributed by atoms with van der Waals surface area (Å²) in [6.07, 6.45) is 37.8. The van der Waals surface area contributed by atoms with Gasteiger partial charge in [-0.05, 0) is 44.6 Å². The van der Waals surface area contributed by atoms with E-state index < -0.39 is 5.97 Å². The Bertz CT molecular complexity index is 595. The average Bonchev–Trinajstić information content (AvgIpc) is 2.91. The number of esters is 1. The zero-order valence-corrected chi connectivity index (χ0v) is 25.9. The van der Waals surface area contributed by atoms with Gasteiger partial charge in [-0.25, -0.2) is 0 Å². The van der Waals surface area contributed by atoms with E-state index in [1.165, 1.54) is 96.3 Å². The molecule has 0 radical (unpaired) electrons. The molecular weight excluding hydrogens is 484 g/mol. The number of allylic oxidation sites excluding steroid dienone is 3. The first-order valence-corrected chi connectivity index (χ1v) is 16.8. The summed E-state index contributed by atoms with van der Waals surface area (Å²) in [5.41, 5.74) is 0. The lowest BCUT2D eigenvalue weighted by Crippen LogP contribution is -2.16. The molecule has 1 atom stereocenters. The molecule has 0 aromatic carbocycles. The second kappa shape index (κ2) is 31.0. The van der Waals surface area contributed by atoms with Crippen LogP contribution in [0.4, 0.5) is 0 Å². The van der Waals surface area contributed by atoms with Crippen LogP contribution in [-0.2, 0) is 14.3 Å². The predicted molar refractivity (Wildman–Crippen MR) is 167 cm³/mol. The second-order valence-electron chi connectivity index (χ2n) is 11.4. The topological polar surface area (TPSA) is 63.6 Å². The van der Waals surface area contributed by atoms with E-state index in [1.54, 1.807) is 0 Å². The predicted octanol–water partition coefficient (Wildman–Crippen LogP) is 11.3. The second-order valence-corrected chi connectivity index (χ2v) is 11.4. The first-order chi connectivity index (χ1) is 19.1. The molecule has 0 spiro atoms. The normalized spacial score (nSPS) is 12.5. The third kappa shape index (κ3) is 30.8. The first-order valence-electron chi connectivity index (χ1n) is 16.8. The van der Waals surface area contributed by atoms with Crippen molar-refractivity contribution >= 4 is 11.9 Å². The Morgan fingerprint density at radius 2 is 1.08 bits per heavy atom. The summed E-state index contributed by atoms with van der Waals surface area (Å²) in [4.78, 5) is 23.1. The van der Waals surface area contributed by atoms with E-state index in [0.717, 1.165) is 57.8 Å². The number of unbranched alkanes of at least 4 members (excludes halogenated alkanes) is 19. The molecule has 0 saturated carbocycles. The number of carboxylic acid groups (broad SMARTS) is 1. The molecular formula is C35H64O4. The molecule has 1 unspecified atom stereocenters. The van der Waals surface area contributed by atoms with Gasteiger partial charge in [0, 0.05) is 12.8 Å². The number of hydrogen-bond acceptors (Lipinski definition) is 3. The van der Waals surface area contributed by atoms with Crippen LogP contribution in [0.1, 0.15) is 181 Å². The summed E-state index contributed by atoms with van der Waals surface area (Å²) >= 11 is 0. The number of rotatable bonds is 30. The van der Waals surface area contributed by atoms with Crippen molar-refractivity contribution in [2.24, 2.45) is 0 Å². The maximum absolute atomic E-state index is 12.5. The molecule has 0 rings (SSSR count). The average molecular weight is 549 g/mol. The van der Waals surface area contributed by atoms with E-state index in [1.807, 2.05) is 6.08 Å². The highest BCUT2D eigenvalue weighted by atomic mass is 16.5. The maximum Gasteiger partial charge on any atom is 0.306 e. The van der Waals surface area contributed by atoms with Crippen molar-refractivity contribution in [3.8, 4) is 0 Å². The summed E-state index contributed by atoms with van der Waals surface area (Å²) in [6.45, 7) is 4.48. The minimum absolute atomic E-state index is 0.0799. The molecule has 228 valence electrons. The standard InChI is InChI=1S/C35H64O4/c1-3-5-7-9-11-12-13-14-15-16-17-18-20-22-28-32-35(38)39-33(29-25-21-19-10-8-6-4-2)30-26-23-24-27-31-34(36)37/h10,19,25,29,33H,3-9,11-18,20-24,26-28,30-32H2,1-2H3,(H,36,37)/b19-10-,29-25-. The van der Waals surface area contributed by atoms with Gasteiger partial charge in [-0.15, -0.1) is 0 Å². The zero-order chi connectivity index (χ0) is 28.7. The van der Waals surface area contributed by atoms with Gasteiger partial charge in [0.2, 0.25) is 0 Å². The fourth-order valence-corrected chi connectivity index (χ4v) is 4.88. The Hall–Kier alpha value is -1.58. The quantitative estimate of drug-likeness (QED) is 0.0550. The molecule has 0 aromatic heterocycles. The monoisotopic (exact) mass is 548 g/mol. The molecule has 0 saturated heterocycles. The Labute approximate surface area is 242 Å². The SMILES string of the molecule is CCCC/C=C\C/C=C\C(CCCCCCC(=O)O)OC(=O)CCCCCCCCCCCCCCCCC. The molecule has 0 aliphatic rings. The van der Waals surface area contributed by atoms with Crippen LogP contribution >= 0.6 is 0 Å². The maximum atomic E-state index is 12.5. The summed E-state index contributed by atoms with van der Waals surface area (Å²) in [7, 11) is 0. The van der Waals surface area contributed by atoms with Gasteiger partial charge in [-0.1, -0.05) is 148 Å². The van der Waals surface area contributed by atoms with E-state index in [9.17, 15) is 9.59 Å². The Balaban J connectivity index is 3.97. The van der Waals surface area contributed by atoms with Gasteiger partial charge in [0.25, 0.3) is 0 Å². The van der Waals surface area contributed by atoms with Crippen LogP contribution in [0.25, 0.3) is 0 Å². The fraction of sp³-hybridized carbons (Fsp3) is 0.829. The Kier molecular flexibility index (Phi) is 29.7. The van der Waals surface area contributed by atoms with Crippen LogP contribution in [0.3, 0.4) is 0 Å². The van der Waals surface area contributed by atoms with Gasteiger partial charge in [-0.3, -0.25) is 9.59 Å². The lowest BCUT2D eigenvalue weighted by molar-refractivity contribution is -0.147. The van der Waals surface area contributed by atoms with Crippen molar-refractivity contribution in [2.75, 3.05) is 0 Å². The first kappa shape index (κ1) is 37.4. The molecule has 0 aromatic rings. The van der Waals surface area contributed by atoms with Crippen LogP contribution in [0.2, 0.25) is 0 Å². The van der Waals surface area contributed by atoms with E-state index >= 15 is 0 Å². The minimum Gasteiger partial charge on any atom is -0.481 e. The molecule has 4 nitrogen and oxygen atoms in total.